The van der Waals surface area contributed by atoms with E-state index < -0.39 is 0 Å². The number of thioether (sulfide) groups is 1. The highest BCUT2D eigenvalue weighted by Crippen LogP contribution is 2.29. The molecule has 6 nitrogen and oxygen atoms in total. The Bertz CT molecular complexity index is 1330. The zero-order valence-electron chi connectivity index (χ0n) is 20.1. The van der Waals surface area contributed by atoms with Crippen LogP contribution in [0.15, 0.2) is 72.1 Å². The van der Waals surface area contributed by atoms with Crippen LogP contribution in [0.3, 0.4) is 0 Å². The van der Waals surface area contributed by atoms with E-state index in [1.807, 2.05) is 41.8 Å². The van der Waals surface area contributed by atoms with Gasteiger partial charge in [0.2, 0.25) is 5.91 Å². The predicted octanol–water partition coefficient (Wildman–Crippen LogP) is 5.49. The molecule has 7 heteroatoms. The second kappa shape index (κ2) is 10.4. The first kappa shape index (κ1) is 23.3. The maximum absolute atomic E-state index is 12.9. The second-order valence-electron chi connectivity index (χ2n) is 8.98. The quantitative estimate of drug-likeness (QED) is 0.352. The standard InChI is InChI=1S/C28H29N5OS/c1-19-8-3-6-12-25(19)33-27(24-11-7-15-29-17-24)31-32-28(33)35-18-26(34)30-20(2)22-14-13-21-9-4-5-10-23(21)16-22/h3,6-8,11-17,20H,4-5,9-10,18H2,1-2H3,(H,30,34). The molecule has 1 aliphatic carbocycles. The average molecular weight is 484 g/mol. The highest BCUT2D eigenvalue weighted by molar-refractivity contribution is 7.99. The fraction of sp³-hybridized carbons (Fsp3) is 0.286. The minimum atomic E-state index is -0.0458. The first-order chi connectivity index (χ1) is 17.1. The van der Waals surface area contributed by atoms with Crippen LogP contribution in [0.2, 0.25) is 0 Å². The molecule has 1 atom stereocenters. The van der Waals surface area contributed by atoms with Crippen molar-refractivity contribution in [3.63, 3.8) is 0 Å². The molecule has 1 unspecified atom stereocenters. The molecule has 0 saturated heterocycles. The van der Waals surface area contributed by atoms with Gasteiger partial charge in [-0.05, 0) is 80.0 Å². The molecule has 1 aliphatic rings. The highest BCUT2D eigenvalue weighted by Gasteiger charge is 2.19. The van der Waals surface area contributed by atoms with Crippen molar-refractivity contribution in [2.45, 2.75) is 50.7 Å². The minimum Gasteiger partial charge on any atom is -0.349 e. The van der Waals surface area contributed by atoms with Crippen LogP contribution in [-0.4, -0.2) is 31.4 Å². The maximum atomic E-state index is 12.9. The molecule has 0 bridgehead atoms. The maximum Gasteiger partial charge on any atom is 0.230 e. The van der Waals surface area contributed by atoms with Crippen molar-refractivity contribution in [2.24, 2.45) is 0 Å². The summed E-state index contributed by atoms with van der Waals surface area (Å²) in [5.41, 5.74) is 7.01. The monoisotopic (exact) mass is 483 g/mol. The molecule has 1 N–H and O–H groups in total. The van der Waals surface area contributed by atoms with Crippen molar-refractivity contribution >= 4 is 17.7 Å². The summed E-state index contributed by atoms with van der Waals surface area (Å²) in [5.74, 6) is 0.937. The van der Waals surface area contributed by atoms with Crippen molar-refractivity contribution in [3.8, 4) is 17.1 Å². The molecule has 2 aromatic carbocycles. The van der Waals surface area contributed by atoms with Gasteiger partial charge in [0.25, 0.3) is 0 Å². The molecule has 178 valence electrons. The number of nitrogens with zero attached hydrogens (tertiary/aromatic N) is 4. The minimum absolute atomic E-state index is 0.0255. The number of aromatic nitrogens is 4. The number of amides is 1. The lowest BCUT2D eigenvalue weighted by molar-refractivity contribution is -0.119. The van der Waals surface area contributed by atoms with E-state index in [4.69, 9.17) is 0 Å². The number of pyridine rings is 1. The molecule has 1 amide bonds. The average Bonchev–Trinajstić information content (AvgIpc) is 3.31. The molecule has 2 heterocycles. The van der Waals surface area contributed by atoms with Gasteiger partial charge in [-0.25, -0.2) is 0 Å². The van der Waals surface area contributed by atoms with Gasteiger partial charge in [-0.3, -0.25) is 14.3 Å². The lowest BCUT2D eigenvalue weighted by Crippen LogP contribution is -2.28. The third-order valence-corrected chi connectivity index (χ3v) is 7.42. The smallest absolute Gasteiger partial charge is 0.230 e. The van der Waals surface area contributed by atoms with Gasteiger partial charge in [-0.15, -0.1) is 10.2 Å². The van der Waals surface area contributed by atoms with Gasteiger partial charge in [-0.1, -0.05) is 48.2 Å². The van der Waals surface area contributed by atoms with E-state index in [0.717, 1.165) is 35.2 Å². The summed E-state index contributed by atoms with van der Waals surface area (Å²) in [6.45, 7) is 4.10. The number of benzene rings is 2. The van der Waals surface area contributed by atoms with Gasteiger partial charge in [0.15, 0.2) is 11.0 Å². The molecule has 0 saturated carbocycles. The number of hydrogen-bond donors (Lipinski definition) is 1. The summed E-state index contributed by atoms with van der Waals surface area (Å²) in [4.78, 5) is 17.1. The number of rotatable bonds is 7. The molecule has 4 aromatic rings. The Balaban J connectivity index is 1.33. The molecule has 0 radical (unpaired) electrons. The Labute approximate surface area is 210 Å². The summed E-state index contributed by atoms with van der Waals surface area (Å²) < 4.78 is 2.01. The fourth-order valence-electron chi connectivity index (χ4n) is 4.60. The topological polar surface area (TPSA) is 72.7 Å². The number of hydrogen-bond acceptors (Lipinski definition) is 5. The van der Waals surface area contributed by atoms with Crippen molar-refractivity contribution in [3.05, 3.63) is 89.2 Å². The van der Waals surface area contributed by atoms with E-state index >= 15 is 0 Å². The largest absolute Gasteiger partial charge is 0.349 e. The third-order valence-electron chi connectivity index (χ3n) is 6.49. The van der Waals surface area contributed by atoms with Crippen LogP contribution in [0, 0.1) is 6.92 Å². The van der Waals surface area contributed by atoms with Crippen LogP contribution in [0.4, 0.5) is 0 Å². The summed E-state index contributed by atoms with van der Waals surface area (Å²) in [6.07, 6.45) is 8.33. The zero-order valence-corrected chi connectivity index (χ0v) is 20.9. The van der Waals surface area contributed by atoms with E-state index in [0.29, 0.717) is 11.0 Å². The van der Waals surface area contributed by atoms with Crippen molar-refractivity contribution in [1.29, 1.82) is 0 Å². The first-order valence-electron chi connectivity index (χ1n) is 12.1. The Hall–Kier alpha value is -3.45. The van der Waals surface area contributed by atoms with Crippen LogP contribution in [0.5, 0.6) is 0 Å². The van der Waals surface area contributed by atoms with Crippen molar-refractivity contribution < 1.29 is 4.79 Å². The van der Waals surface area contributed by atoms with Gasteiger partial charge in [-0.2, -0.15) is 0 Å². The first-order valence-corrected chi connectivity index (χ1v) is 13.0. The van der Waals surface area contributed by atoms with Crippen LogP contribution in [0.25, 0.3) is 17.1 Å². The lowest BCUT2D eigenvalue weighted by Gasteiger charge is -2.20. The van der Waals surface area contributed by atoms with Crippen LogP contribution in [0.1, 0.15) is 48.1 Å². The van der Waals surface area contributed by atoms with Gasteiger partial charge in [0, 0.05) is 18.0 Å². The van der Waals surface area contributed by atoms with E-state index in [1.165, 1.54) is 35.7 Å². The summed E-state index contributed by atoms with van der Waals surface area (Å²) in [7, 11) is 0. The Morgan fingerprint density at radius 1 is 1.06 bits per heavy atom. The highest BCUT2D eigenvalue weighted by atomic mass is 32.2. The van der Waals surface area contributed by atoms with Crippen molar-refractivity contribution in [1.82, 2.24) is 25.1 Å². The number of carbonyl (C=O) groups is 1. The van der Waals surface area contributed by atoms with Crippen LogP contribution in [-0.2, 0) is 17.6 Å². The van der Waals surface area contributed by atoms with Gasteiger partial charge < -0.3 is 5.32 Å². The molecular weight excluding hydrogens is 454 g/mol. The molecule has 0 aliphatic heterocycles. The Kier molecular flexibility index (Phi) is 6.95. The van der Waals surface area contributed by atoms with E-state index in [9.17, 15) is 4.79 Å². The summed E-state index contributed by atoms with van der Waals surface area (Å²) >= 11 is 1.39. The van der Waals surface area contributed by atoms with Crippen LogP contribution >= 0.6 is 11.8 Å². The molecule has 0 spiro atoms. The van der Waals surface area contributed by atoms with Gasteiger partial charge in [0.1, 0.15) is 0 Å². The fourth-order valence-corrected chi connectivity index (χ4v) is 5.35. The van der Waals surface area contributed by atoms with Crippen LogP contribution < -0.4 is 5.32 Å². The molecule has 35 heavy (non-hydrogen) atoms. The number of fused-ring (bicyclic) bond motifs is 1. The predicted molar refractivity (Wildman–Crippen MR) is 140 cm³/mol. The Morgan fingerprint density at radius 2 is 1.89 bits per heavy atom. The lowest BCUT2D eigenvalue weighted by atomic mass is 9.89. The number of aryl methyl sites for hydroxylation is 3. The third kappa shape index (κ3) is 5.15. The van der Waals surface area contributed by atoms with E-state index in [2.05, 4.69) is 51.7 Å². The van der Waals surface area contributed by atoms with Crippen molar-refractivity contribution in [2.75, 3.05) is 5.75 Å². The molecule has 2 aromatic heterocycles. The van der Waals surface area contributed by atoms with E-state index in [1.54, 1.807) is 12.4 Å². The van der Waals surface area contributed by atoms with Gasteiger partial charge in [0.05, 0.1) is 17.5 Å². The molecule has 5 rings (SSSR count). The normalized spacial score (nSPS) is 13.8. The zero-order chi connectivity index (χ0) is 24.2. The molecular formula is C28H29N5OS. The summed E-state index contributed by atoms with van der Waals surface area (Å²) in [5, 5.41) is 12.7. The van der Waals surface area contributed by atoms with Gasteiger partial charge >= 0.3 is 0 Å². The molecule has 0 fully saturated rings. The SMILES string of the molecule is Cc1ccccc1-n1c(SCC(=O)NC(C)c2ccc3c(c2)CCCC3)nnc1-c1cccnc1. The Morgan fingerprint density at radius 3 is 2.69 bits per heavy atom. The van der Waals surface area contributed by atoms with E-state index in [-0.39, 0.29) is 17.7 Å². The second-order valence-corrected chi connectivity index (χ2v) is 9.93. The summed E-state index contributed by atoms with van der Waals surface area (Å²) in [6, 6.07) is 18.6. The number of para-hydroxylation sites is 1. The number of nitrogens with one attached hydrogen (secondary N) is 1. The number of carbonyl (C=O) groups excluding carboxylic acids is 1.